The van der Waals surface area contributed by atoms with Gasteiger partial charge in [0.15, 0.2) is 5.58 Å². The van der Waals surface area contributed by atoms with E-state index in [1.807, 2.05) is 32.9 Å². The summed E-state index contributed by atoms with van der Waals surface area (Å²) in [6.07, 6.45) is 1.57. The molecule has 0 bridgehead atoms. The first kappa shape index (κ1) is 25.7. The number of nitrogens with one attached hydrogen (secondary N) is 2. The maximum absolute atomic E-state index is 10.8. The van der Waals surface area contributed by atoms with Gasteiger partial charge in [-0.05, 0) is 66.4 Å². The molecular formula is C27H37N5O5. The standard InChI is InChI=1S/C27H37N5O5/c1-6-36-20-11-15-10-19(37-24(15)14(3)28-20)21-13(2)29-26(30-16-8-7-9-16)32-25(21)31-18-12-17(27(4,5)35)22(33)23(18)34/h10-11,16-18,22-23,33-35H,6-9,12H2,1-5H3,(H2,29,30,31,32). The van der Waals surface area contributed by atoms with Crippen molar-refractivity contribution in [3.63, 3.8) is 0 Å². The molecule has 0 spiro atoms. The molecule has 0 radical (unpaired) electrons. The van der Waals surface area contributed by atoms with E-state index in [2.05, 4.69) is 15.6 Å². The number of ether oxygens (including phenoxy) is 1. The highest BCUT2D eigenvalue weighted by molar-refractivity contribution is 5.88. The highest BCUT2D eigenvalue weighted by atomic mass is 16.5. The van der Waals surface area contributed by atoms with Crippen LogP contribution < -0.4 is 15.4 Å². The summed E-state index contributed by atoms with van der Waals surface area (Å²) < 4.78 is 11.9. The molecule has 10 nitrogen and oxygen atoms in total. The summed E-state index contributed by atoms with van der Waals surface area (Å²) in [7, 11) is 0. The summed E-state index contributed by atoms with van der Waals surface area (Å²) in [5.41, 5.74) is 1.60. The Hall–Kier alpha value is -2.95. The van der Waals surface area contributed by atoms with Crippen LogP contribution >= 0.6 is 0 Å². The van der Waals surface area contributed by atoms with Crippen LogP contribution in [0.3, 0.4) is 0 Å². The highest BCUT2D eigenvalue weighted by Crippen LogP contribution is 2.40. The molecular weight excluding hydrogens is 474 g/mol. The summed E-state index contributed by atoms with van der Waals surface area (Å²) in [5, 5.41) is 39.7. The zero-order valence-electron chi connectivity index (χ0n) is 22.1. The van der Waals surface area contributed by atoms with Crippen LogP contribution in [0.15, 0.2) is 16.5 Å². The number of anilines is 2. The summed E-state index contributed by atoms with van der Waals surface area (Å²) in [6, 6.07) is 3.59. The first-order valence-corrected chi connectivity index (χ1v) is 13.1. The lowest BCUT2D eigenvalue weighted by Crippen LogP contribution is -2.40. The fourth-order valence-corrected chi connectivity index (χ4v) is 5.35. The van der Waals surface area contributed by atoms with E-state index < -0.39 is 29.8 Å². The van der Waals surface area contributed by atoms with Crippen LogP contribution in [0.1, 0.15) is 57.8 Å². The van der Waals surface area contributed by atoms with Gasteiger partial charge in [-0.15, -0.1) is 0 Å². The molecule has 3 heterocycles. The number of nitrogens with zero attached hydrogens (tertiary/aromatic N) is 3. The Morgan fingerprint density at radius 1 is 1.05 bits per heavy atom. The third-order valence-corrected chi connectivity index (χ3v) is 7.63. The predicted octanol–water partition coefficient (Wildman–Crippen LogP) is 3.56. The van der Waals surface area contributed by atoms with Gasteiger partial charge in [0.1, 0.15) is 17.7 Å². The van der Waals surface area contributed by atoms with Crippen LogP contribution in [0.2, 0.25) is 0 Å². The normalized spacial score (nSPS) is 24.3. The van der Waals surface area contributed by atoms with Gasteiger partial charge in [0.05, 0.1) is 41.3 Å². The first-order valence-electron chi connectivity index (χ1n) is 13.1. The zero-order valence-corrected chi connectivity index (χ0v) is 22.1. The molecule has 5 rings (SSSR count). The van der Waals surface area contributed by atoms with Crippen molar-refractivity contribution in [2.45, 2.75) is 90.2 Å². The highest BCUT2D eigenvalue weighted by Gasteiger charge is 2.48. The minimum atomic E-state index is -1.14. The molecule has 0 saturated heterocycles. The molecule has 37 heavy (non-hydrogen) atoms. The van der Waals surface area contributed by atoms with Gasteiger partial charge in [0, 0.05) is 23.4 Å². The molecule has 200 valence electrons. The van der Waals surface area contributed by atoms with Crippen LogP contribution in [0.25, 0.3) is 22.3 Å². The molecule has 5 N–H and O–H groups in total. The molecule has 2 saturated carbocycles. The Kier molecular flexibility index (Phi) is 6.76. The van der Waals surface area contributed by atoms with E-state index in [4.69, 9.17) is 19.1 Å². The lowest BCUT2D eigenvalue weighted by molar-refractivity contribution is -0.0601. The van der Waals surface area contributed by atoms with E-state index in [1.54, 1.807) is 13.8 Å². The number of aromatic nitrogens is 3. The van der Waals surface area contributed by atoms with Crippen molar-refractivity contribution in [3.8, 4) is 17.2 Å². The fourth-order valence-electron chi connectivity index (χ4n) is 5.35. The van der Waals surface area contributed by atoms with Crippen molar-refractivity contribution >= 4 is 22.7 Å². The second-order valence-corrected chi connectivity index (χ2v) is 10.9. The number of aliphatic hydroxyl groups excluding tert-OH is 2. The van der Waals surface area contributed by atoms with E-state index in [-0.39, 0.29) is 0 Å². The predicted molar refractivity (Wildman–Crippen MR) is 141 cm³/mol. The van der Waals surface area contributed by atoms with Gasteiger partial charge in [-0.1, -0.05) is 0 Å². The SMILES string of the molecule is CCOc1cc2cc(-c3c(C)nc(NC4CCC4)nc3NC3CC(C(C)(C)O)C(O)C3O)oc2c(C)n1. The Balaban J connectivity index is 1.55. The van der Waals surface area contributed by atoms with Crippen LogP contribution in [-0.2, 0) is 0 Å². The van der Waals surface area contributed by atoms with Crippen LogP contribution in [0.5, 0.6) is 5.88 Å². The van der Waals surface area contributed by atoms with Crippen LogP contribution in [0, 0.1) is 19.8 Å². The van der Waals surface area contributed by atoms with E-state index >= 15 is 0 Å². The minimum Gasteiger partial charge on any atom is -0.478 e. The number of aliphatic hydroxyl groups is 3. The lowest BCUT2D eigenvalue weighted by atomic mass is 9.88. The largest absolute Gasteiger partial charge is 0.478 e. The topological polar surface area (TPSA) is 146 Å². The van der Waals surface area contributed by atoms with Crippen molar-refractivity contribution in [2.75, 3.05) is 17.2 Å². The number of pyridine rings is 1. The van der Waals surface area contributed by atoms with Crippen molar-refractivity contribution in [3.05, 3.63) is 23.5 Å². The van der Waals surface area contributed by atoms with Crippen molar-refractivity contribution < 1.29 is 24.5 Å². The number of fused-ring (bicyclic) bond motifs is 1. The smallest absolute Gasteiger partial charge is 0.225 e. The van der Waals surface area contributed by atoms with Gasteiger partial charge >= 0.3 is 0 Å². The summed E-state index contributed by atoms with van der Waals surface area (Å²) in [5.74, 6) is 1.61. The number of furan rings is 1. The van der Waals surface area contributed by atoms with Crippen molar-refractivity contribution in [2.24, 2.45) is 5.92 Å². The first-order chi connectivity index (χ1) is 17.5. The Morgan fingerprint density at radius 2 is 1.81 bits per heavy atom. The molecule has 3 aromatic rings. The van der Waals surface area contributed by atoms with Gasteiger partial charge < -0.3 is 35.1 Å². The van der Waals surface area contributed by atoms with Crippen LogP contribution in [0.4, 0.5) is 11.8 Å². The lowest BCUT2D eigenvalue weighted by Gasteiger charge is -2.28. The van der Waals surface area contributed by atoms with E-state index in [0.717, 1.165) is 18.2 Å². The second-order valence-electron chi connectivity index (χ2n) is 10.9. The summed E-state index contributed by atoms with van der Waals surface area (Å²) >= 11 is 0. The number of aryl methyl sites for hydroxylation is 2. The molecule has 2 fully saturated rings. The van der Waals surface area contributed by atoms with Crippen molar-refractivity contribution in [1.29, 1.82) is 0 Å². The maximum Gasteiger partial charge on any atom is 0.225 e. The molecule has 0 aliphatic heterocycles. The zero-order chi connectivity index (χ0) is 26.5. The minimum absolute atomic E-state index is 0.341. The fraction of sp³-hybridized carbons (Fsp3) is 0.593. The van der Waals surface area contributed by atoms with E-state index in [9.17, 15) is 15.3 Å². The molecule has 4 unspecified atom stereocenters. The average Bonchev–Trinajstić information content (AvgIpc) is 3.33. The molecule has 4 atom stereocenters. The van der Waals surface area contributed by atoms with Gasteiger partial charge in [0.2, 0.25) is 11.8 Å². The molecule has 10 heteroatoms. The number of hydrogen-bond acceptors (Lipinski definition) is 10. The number of rotatable bonds is 8. The van der Waals surface area contributed by atoms with Gasteiger partial charge in [0.25, 0.3) is 0 Å². The van der Waals surface area contributed by atoms with Crippen molar-refractivity contribution in [1.82, 2.24) is 15.0 Å². The third-order valence-electron chi connectivity index (χ3n) is 7.63. The summed E-state index contributed by atoms with van der Waals surface area (Å²) in [6.45, 7) is 9.50. The Morgan fingerprint density at radius 3 is 2.43 bits per heavy atom. The Bertz CT molecular complexity index is 1280. The van der Waals surface area contributed by atoms with Gasteiger partial charge in [-0.2, -0.15) is 4.98 Å². The quantitative estimate of drug-likeness (QED) is 0.304. The van der Waals surface area contributed by atoms with E-state index in [0.29, 0.717) is 65.0 Å². The maximum atomic E-state index is 10.8. The second kappa shape index (κ2) is 9.74. The molecule has 3 aromatic heterocycles. The number of hydrogen-bond donors (Lipinski definition) is 5. The average molecular weight is 512 g/mol. The monoisotopic (exact) mass is 511 g/mol. The van der Waals surface area contributed by atoms with Gasteiger partial charge in [-0.3, -0.25) is 0 Å². The third kappa shape index (κ3) is 4.97. The molecule has 2 aliphatic carbocycles. The Labute approximate surface area is 216 Å². The molecule has 0 aromatic carbocycles. The molecule has 0 amide bonds. The van der Waals surface area contributed by atoms with E-state index in [1.165, 1.54) is 6.42 Å². The molecule has 2 aliphatic rings. The van der Waals surface area contributed by atoms with Gasteiger partial charge in [-0.25, -0.2) is 9.97 Å². The van der Waals surface area contributed by atoms with Crippen LogP contribution in [-0.4, -0.2) is 66.8 Å². The summed E-state index contributed by atoms with van der Waals surface area (Å²) in [4.78, 5) is 14.0.